The summed E-state index contributed by atoms with van der Waals surface area (Å²) >= 11 is 0. The molecule has 1 amide bonds. The Bertz CT molecular complexity index is 981. The average Bonchev–Trinajstić information content (AvgIpc) is 3.23. The Morgan fingerprint density at radius 3 is 2.79 bits per heavy atom. The summed E-state index contributed by atoms with van der Waals surface area (Å²) in [6.07, 6.45) is 2.22. The number of carbonyl (C=O) groups is 1. The fourth-order valence-corrected chi connectivity index (χ4v) is 3.57. The van der Waals surface area contributed by atoms with Crippen LogP contribution in [-0.2, 0) is 4.79 Å². The molecule has 1 fully saturated rings. The SMILES string of the molecule is Cc1ccc(-c2nc(-c3ccccc3OCC(=O)N3CCCC(C)C3)no2)cc1. The lowest BCUT2D eigenvalue weighted by molar-refractivity contribution is -0.135. The van der Waals surface area contributed by atoms with E-state index in [4.69, 9.17) is 9.26 Å². The number of para-hydroxylation sites is 1. The van der Waals surface area contributed by atoms with Gasteiger partial charge in [0.25, 0.3) is 11.8 Å². The maximum atomic E-state index is 12.5. The van der Waals surface area contributed by atoms with Crippen LogP contribution in [0.1, 0.15) is 25.3 Å². The van der Waals surface area contributed by atoms with Gasteiger partial charge < -0.3 is 14.2 Å². The Hall–Kier alpha value is -3.15. The number of rotatable bonds is 5. The molecule has 29 heavy (non-hydrogen) atoms. The van der Waals surface area contributed by atoms with Gasteiger partial charge in [-0.05, 0) is 49.9 Å². The van der Waals surface area contributed by atoms with Crippen molar-refractivity contribution in [3.05, 3.63) is 54.1 Å². The summed E-state index contributed by atoms with van der Waals surface area (Å²) in [4.78, 5) is 18.9. The lowest BCUT2D eigenvalue weighted by atomic mass is 10.0. The second kappa shape index (κ2) is 8.47. The number of amides is 1. The van der Waals surface area contributed by atoms with Crippen molar-refractivity contribution in [2.75, 3.05) is 19.7 Å². The maximum Gasteiger partial charge on any atom is 0.260 e. The number of likely N-dealkylation sites (tertiary alicyclic amines) is 1. The van der Waals surface area contributed by atoms with Crippen LogP contribution in [0, 0.1) is 12.8 Å². The second-order valence-electron chi connectivity index (χ2n) is 7.66. The Morgan fingerprint density at radius 2 is 2.00 bits per heavy atom. The average molecular weight is 391 g/mol. The number of carbonyl (C=O) groups excluding carboxylic acids is 1. The molecular formula is C23H25N3O3. The third-order valence-electron chi connectivity index (χ3n) is 5.21. The normalized spacial score (nSPS) is 16.6. The third kappa shape index (κ3) is 4.47. The second-order valence-corrected chi connectivity index (χ2v) is 7.66. The molecule has 0 N–H and O–H groups in total. The molecule has 150 valence electrons. The van der Waals surface area contributed by atoms with Gasteiger partial charge in [-0.1, -0.05) is 41.9 Å². The number of hydrogen-bond donors (Lipinski definition) is 0. The summed E-state index contributed by atoms with van der Waals surface area (Å²) in [6, 6.07) is 15.4. The molecule has 4 rings (SSSR count). The molecule has 1 unspecified atom stereocenters. The van der Waals surface area contributed by atoms with Crippen molar-refractivity contribution in [3.63, 3.8) is 0 Å². The number of piperidine rings is 1. The lowest BCUT2D eigenvalue weighted by Gasteiger charge is -2.30. The van der Waals surface area contributed by atoms with E-state index in [1.807, 2.05) is 60.4 Å². The van der Waals surface area contributed by atoms with Crippen molar-refractivity contribution < 1.29 is 14.1 Å². The summed E-state index contributed by atoms with van der Waals surface area (Å²) < 4.78 is 11.3. The van der Waals surface area contributed by atoms with Crippen LogP contribution in [0.25, 0.3) is 22.8 Å². The Labute approximate surface area is 170 Å². The first-order valence-corrected chi connectivity index (χ1v) is 10.0. The zero-order valence-electron chi connectivity index (χ0n) is 16.8. The van der Waals surface area contributed by atoms with Gasteiger partial charge in [-0.15, -0.1) is 0 Å². The van der Waals surface area contributed by atoms with E-state index in [1.165, 1.54) is 12.0 Å². The molecule has 0 aliphatic carbocycles. The highest BCUT2D eigenvalue weighted by atomic mass is 16.5. The number of benzene rings is 2. The monoisotopic (exact) mass is 391 g/mol. The lowest BCUT2D eigenvalue weighted by Crippen LogP contribution is -2.41. The minimum absolute atomic E-state index is 0.00635. The fraction of sp³-hybridized carbons (Fsp3) is 0.348. The van der Waals surface area contributed by atoms with Gasteiger partial charge in [0, 0.05) is 18.7 Å². The third-order valence-corrected chi connectivity index (χ3v) is 5.21. The zero-order valence-corrected chi connectivity index (χ0v) is 16.8. The molecule has 6 nitrogen and oxygen atoms in total. The standard InChI is InChI=1S/C23H25N3O3/c1-16-9-11-18(12-10-16)23-24-22(25-29-23)19-7-3-4-8-20(19)28-15-21(27)26-13-5-6-17(2)14-26/h3-4,7-12,17H,5-6,13-15H2,1-2H3. The van der Waals surface area contributed by atoms with E-state index in [9.17, 15) is 4.79 Å². The highest BCUT2D eigenvalue weighted by molar-refractivity contribution is 5.78. The van der Waals surface area contributed by atoms with E-state index in [1.54, 1.807) is 0 Å². The van der Waals surface area contributed by atoms with Crippen LogP contribution >= 0.6 is 0 Å². The molecule has 2 aromatic carbocycles. The highest BCUT2D eigenvalue weighted by Crippen LogP contribution is 2.29. The first kappa shape index (κ1) is 19.2. The number of ether oxygens (including phenoxy) is 1. The van der Waals surface area contributed by atoms with Gasteiger partial charge in [0.2, 0.25) is 5.82 Å². The van der Waals surface area contributed by atoms with Crippen LogP contribution in [0.15, 0.2) is 53.1 Å². The predicted octanol–water partition coefficient (Wildman–Crippen LogP) is 4.35. The molecule has 1 aliphatic heterocycles. The Balaban J connectivity index is 1.48. The quantitative estimate of drug-likeness (QED) is 0.647. The van der Waals surface area contributed by atoms with Gasteiger partial charge in [-0.25, -0.2) is 0 Å². The molecule has 0 bridgehead atoms. The van der Waals surface area contributed by atoms with Crippen molar-refractivity contribution in [1.82, 2.24) is 15.0 Å². The molecular weight excluding hydrogens is 366 g/mol. The number of hydrogen-bond acceptors (Lipinski definition) is 5. The van der Waals surface area contributed by atoms with E-state index >= 15 is 0 Å². The van der Waals surface area contributed by atoms with Crippen LogP contribution in [0.4, 0.5) is 0 Å². The van der Waals surface area contributed by atoms with E-state index in [-0.39, 0.29) is 12.5 Å². The van der Waals surface area contributed by atoms with Crippen molar-refractivity contribution in [1.29, 1.82) is 0 Å². The first-order valence-electron chi connectivity index (χ1n) is 10.0. The van der Waals surface area contributed by atoms with Gasteiger partial charge >= 0.3 is 0 Å². The number of aryl methyl sites for hydroxylation is 1. The zero-order chi connectivity index (χ0) is 20.2. The molecule has 3 aromatic rings. The fourth-order valence-electron chi connectivity index (χ4n) is 3.57. The summed E-state index contributed by atoms with van der Waals surface area (Å²) in [5.74, 6) is 2.02. The van der Waals surface area contributed by atoms with Crippen molar-refractivity contribution in [2.45, 2.75) is 26.7 Å². The van der Waals surface area contributed by atoms with Gasteiger partial charge in [-0.2, -0.15) is 4.98 Å². The Kier molecular flexibility index (Phi) is 5.60. The minimum Gasteiger partial charge on any atom is -0.483 e. The van der Waals surface area contributed by atoms with Gasteiger partial charge in [-0.3, -0.25) is 4.79 Å². The summed E-state index contributed by atoms with van der Waals surface area (Å²) in [5.41, 5.74) is 2.73. The van der Waals surface area contributed by atoms with E-state index in [2.05, 4.69) is 17.1 Å². The van der Waals surface area contributed by atoms with Crippen molar-refractivity contribution >= 4 is 5.91 Å². The molecule has 6 heteroatoms. The largest absolute Gasteiger partial charge is 0.483 e. The van der Waals surface area contributed by atoms with Gasteiger partial charge in [0.05, 0.1) is 5.56 Å². The van der Waals surface area contributed by atoms with E-state index in [0.717, 1.165) is 25.1 Å². The van der Waals surface area contributed by atoms with Crippen molar-refractivity contribution in [2.24, 2.45) is 5.92 Å². The summed E-state index contributed by atoms with van der Waals surface area (Å²) in [7, 11) is 0. The van der Waals surface area contributed by atoms with Crippen LogP contribution in [0.3, 0.4) is 0 Å². The smallest absolute Gasteiger partial charge is 0.260 e. The number of nitrogens with zero attached hydrogens (tertiary/aromatic N) is 3. The predicted molar refractivity (Wildman–Crippen MR) is 110 cm³/mol. The topological polar surface area (TPSA) is 68.5 Å². The maximum absolute atomic E-state index is 12.5. The van der Waals surface area contributed by atoms with E-state index in [0.29, 0.717) is 28.9 Å². The number of aromatic nitrogens is 2. The summed E-state index contributed by atoms with van der Waals surface area (Å²) in [6.45, 7) is 5.82. The van der Waals surface area contributed by atoms with Gasteiger partial charge in [0.1, 0.15) is 5.75 Å². The molecule has 0 spiro atoms. The van der Waals surface area contributed by atoms with Crippen LogP contribution < -0.4 is 4.74 Å². The van der Waals surface area contributed by atoms with Gasteiger partial charge in [0.15, 0.2) is 6.61 Å². The molecule has 1 saturated heterocycles. The van der Waals surface area contributed by atoms with Crippen LogP contribution in [0.5, 0.6) is 5.75 Å². The molecule has 0 saturated carbocycles. The van der Waals surface area contributed by atoms with Crippen molar-refractivity contribution in [3.8, 4) is 28.6 Å². The Morgan fingerprint density at radius 1 is 1.21 bits per heavy atom. The first-order chi connectivity index (χ1) is 14.1. The molecule has 2 heterocycles. The summed E-state index contributed by atoms with van der Waals surface area (Å²) in [5, 5.41) is 4.11. The van der Waals surface area contributed by atoms with Crippen LogP contribution in [0.2, 0.25) is 0 Å². The van der Waals surface area contributed by atoms with E-state index < -0.39 is 0 Å². The van der Waals surface area contributed by atoms with Crippen LogP contribution in [-0.4, -0.2) is 40.6 Å². The minimum atomic E-state index is 0.00635. The molecule has 1 atom stereocenters. The molecule has 1 aliphatic rings. The molecule has 1 aromatic heterocycles. The molecule has 0 radical (unpaired) electrons. The highest BCUT2D eigenvalue weighted by Gasteiger charge is 2.22.